The number of nitrogens with zero attached hydrogens (tertiary/aromatic N) is 3. The molecule has 0 atom stereocenters. The Kier molecular flexibility index (Phi) is 2.89. The Bertz CT molecular complexity index is 553. The molecule has 16 heavy (non-hydrogen) atoms. The van der Waals surface area contributed by atoms with Crippen LogP contribution in [0.1, 0.15) is 17.6 Å². The topological polar surface area (TPSA) is 68.9 Å². The second-order valence-electron chi connectivity index (χ2n) is 2.96. The lowest BCUT2D eigenvalue weighted by molar-refractivity contribution is 0.0972. The van der Waals surface area contributed by atoms with Crippen molar-refractivity contribution < 1.29 is 9.32 Å². The monoisotopic (exact) mass is 257 g/mol. The molecule has 7 heteroatoms. The molecular weight excluding hydrogens is 253 g/mol. The smallest absolute Gasteiger partial charge is 0.294 e. The van der Waals surface area contributed by atoms with Gasteiger partial charge in [-0.2, -0.15) is 4.98 Å². The van der Waals surface area contributed by atoms with Crippen LogP contribution in [0.15, 0.2) is 16.8 Å². The van der Waals surface area contributed by atoms with E-state index >= 15 is 0 Å². The van der Waals surface area contributed by atoms with E-state index in [9.17, 15) is 4.79 Å². The van der Waals surface area contributed by atoms with Crippen LogP contribution in [-0.2, 0) is 0 Å². The minimum absolute atomic E-state index is 0.0807. The SMILES string of the molecule is CC(=O)c1nc(-c2ncc(Cl)cc2Cl)no1. The van der Waals surface area contributed by atoms with Gasteiger partial charge in [0.05, 0.1) is 10.0 Å². The molecule has 2 aromatic heterocycles. The summed E-state index contributed by atoms with van der Waals surface area (Å²) in [4.78, 5) is 18.8. The summed E-state index contributed by atoms with van der Waals surface area (Å²) < 4.78 is 4.72. The highest BCUT2D eigenvalue weighted by Crippen LogP contribution is 2.25. The molecule has 0 fully saturated rings. The number of pyridine rings is 1. The Morgan fingerprint density at radius 3 is 2.75 bits per heavy atom. The molecule has 82 valence electrons. The molecule has 0 aliphatic rings. The largest absolute Gasteiger partial charge is 0.330 e. The number of carbonyl (C=O) groups is 1. The number of hydrogen-bond donors (Lipinski definition) is 0. The van der Waals surface area contributed by atoms with Gasteiger partial charge in [-0.05, 0) is 6.07 Å². The number of rotatable bonds is 2. The Morgan fingerprint density at radius 1 is 1.44 bits per heavy atom. The Labute approximate surface area is 100 Å². The van der Waals surface area contributed by atoms with Gasteiger partial charge in [0.25, 0.3) is 5.89 Å². The van der Waals surface area contributed by atoms with Crippen LogP contribution in [0.3, 0.4) is 0 Å². The van der Waals surface area contributed by atoms with Gasteiger partial charge < -0.3 is 4.52 Å². The van der Waals surface area contributed by atoms with E-state index in [0.717, 1.165) is 0 Å². The van der Waals surface area contributed by atoms with E-state index in [1.165, 1.54) is 19.2 Å². The van der Waals surface area contributed by atoms with E-state index in [2.05, 4.69) is 15.1 Å². The summed E-state index contributed by atoms with van der Waals surface area (Å²) >= 11 is 11.6. The first-order valence-corrected chi connectivity index (χ1v) is 4.99. The lowest BCUT2D eigenvalue weighted by Crippen LogP contribution is -1.92. The molecule has 0 aliphatic heterocycles. The van der Waals surface area contributed by atoms with E-state index in [4.69, 9.17) is 27.7 Å². The molecule has 2 rings (SSSR count). The second kappa shape index (κ2) is 4.19. The normalized spacial score (nSPS) is 10.4. The fraction of sp³-hybridized carbons (Fsp3) is 0.111. The molecule has 0 amide bonds. The first-order chi connectivity index (χ1) is 7.58. The van der Waals surface area contributed by atoms with Gasteiger partial charge >= 0.3 is 0 Å². The van der Waals surface area contributed by atoms with Crippen LogP contribution in [0.5, 0.6) is 0 Å². The number of hydrogen-bond acceptors (Lipinski definition) is 5. The van der Waals surface area contributed by atoms with E-state index in [-0.39, 0.29) is 17.5 Å². The molecular formula is C9H5Cl2N3O2. The minimum atomic E-state index is -0.316. The average Bonchev–Trinajstić information content (AvgIpc) is 2.66. The Hall–Kier alpha value is -1.46. The summed E-state index contributed by atoms with van der Waals surface area (Å²) in [7, 11) is 0. The highest BCUT2D eigenvalue weighted by molar-refractivity contribution is 6.35. The third-order valence-corrected chi connectivity index (χ3v) is 2.24. The molecule has 0 N–H and O–H groups in total. The first-order valence-electron chi connectivity index (χ1n) is 4.24. The van der Waals surface area contributed by atoms with Crippen molar-refractivity contribution in [3.63, 3.8) is 0 Å². The van der Waals surface area contributed by atoms with Crippen LogP contribution in [0.25, 0.3) is 11.5 Å². The molecule has 2 heterocycles. The van der Waals surface area contributed by atoms with Gasteiger partial charge in [-0.15, -0.1) is 0 Å². The molecule has 0 bridgehead atoms. The molecule has 0 saturated carbocycles. The maximum Gasteiger partial charge on any atom is 0.294 e. The lowest BCUT2D eigenvalue weighted by atomic mass is 10.3. The molecule has 0 aliphatic carbocycles. The first kappa shape index (κ1) is 11.0. The highest BCUT2D eigenvalue weighted by atomic mass is 35.5. The molecule has 0 unspecified atom stereocenters. The predicted octanol–water partition coefficient (Wildman–Crippen LogP) is 2.64. The molecule has 5 nitrogen and oxygen atoms in total. The summed E-state index contributed by atoms with van der Waals surface area (Å²) in [5.74, 6) is -0.237. The van der Waals surface area contributed by atoms with Gasteiger partial charge in [0.15, 0.2) is 0 Å². The maximum absolute atomic E-state index is 11.0. The quantitative estimate of drug-likeness (QED) is 0.774. The summed E-state index contributed by atoms with van der Waals surface area (Å²) in [5, 5.41) is 4.30. The average molecular weight is 258 g/mol. The zero-order chi connectivity index (χ0) is 11.7. The molecule has 0 spiro atoms. The van der Waals surface area contributed by atoms with Crippen LogP contribution in [-0.4, -0.2) is 20.9 Å². The maximum atomic E-state index is 11.0. The van der Waals surface area contributed by atoms with Gasteiger partial charge in [-0.3, -0.25) is 4.79 Å². The van der Waals surface area contributed by atoms with Crippen molar-refractivity contribution in [2.45, 2.75) is 6.92 Å². The van der Waals surface area contributed by atoms with Gasteiger partial charge in [-0.1, -0.05) is 28.4 Å². The van der Waals surface area contributed by atoms with Gasteiger partial charge in [-0.25, -0.2) is 4.98 Å². The summed E-state index contributed by atoms with van der Waals surface area (Å²) in [6, 6.07) is 1.51. The second-order valence-corrected chi connectivity index (χ2v) is 3.81. The van der Waals surface area contributed by atoms with E-state index in [0.29, 0.717) is 15.7 Å². The van der Waals surface area contributed by atoms with Crippen molar-refractivity contribution in [3.05, 3.63) is 28.2 Å². The van der Waals surface area contributed by atoms with Crippen molar-refractivity contribution in [1.82, 2.24) is 15.1 Å². The molecule has 0 radical (unpaired) electrons. The molecule has 0 saturated heterocycles. The zero-order valence-corrected chi connectivity index (χ0v) is 9.58. The molecule has 2 aromatic rings. The van der Waals surface area contributed by atoms with Gasteiger partial charge in [0.2, 0.25) is 11.6 Å². The lowest BCUT2D eigenvalue weighted by Gasteiger charge is -1.97. The Balaban J connectivity index is 2.46. The van der Waals surface area contributed by atoms with Crippen LogP contribution in [0.2, 0.25) is 10.0 Å². The fourth-order valence-corrected chi connectivity index (χ4v) is 1.51. The van der Waals surface area contributed by atoms with E-state index in [1.54, 1.807) is 0 Å². The standard InChI is InChI=1S/C9H5Cl2N3O2/c1-4(15)9-13-8(14-16-9)7-6(11)2-5(10)3-12-7/h2-3H,1H3. The van der Waals surface area contributed by atoms with Gasteiger partial charge in [0, 0.05) is 13.1 Å². The number of carbonyl (C=O) groups excluding carboxylic acids is 1. The van der Waals surface area contributed by atoms with Crippen LogP contribution in [0.4, 0.5) is 0 Å². The summed E-state index contributed by atoms with van der Waals surface area (Å²) in [6.07, 6.45) is 1.41. The van der Waals surface area contributed by atoms with Crippen LogP contribution >= 0.6 is 23.2 Å². The zero-order valence-electron chi connectivity index (χ0n) is 8.07. The Morgan fingerprint density at radius 2 is 2.19 bits per heavy atom. The minimum Gasteiger partial charge on any atom is -0.330 e. The van der Waals surface area contributed by atoms with Crippen LogP contribution in [0, 0.1) is 0 Å². The summed E-state index contributed by atoms with van der Waals surface area (Å²) in [6.45, 7) is 1.33. The number of aromatic nitrogens is 3. The number of ketones is 1. The fourth-order valence-electron chi connectivity index (χ4n) is 1.04. The van der Waals surface area contributed by atoms with E-state index in [1.807, 2.05) is 0 Å². The third-order valence-electron chi connectivity index (χ3n) is 1.75. The van der Waals surface area contributed by atoms with Crippen molar-refractivity contribution in [1.29, 1.82) is 0 Å². The highest BCUT2D eigenvalue weighted by Gasteiger charge is 2.15. The van der Waals surface area contributed by atoms with Gasteiger partial charge in [0.1, 0.15) is 5.69 Å². The van der Waals surface area contributed by atoms with Crippen molar-refractivity contribution in [2.75, 3.05) is 0 Å². The predicted molar refractivity (Wildman–Crippen MR) is 57.6 cm³/mol. The van der Waals surface area contributed by atoms with Crippen LogP contribution < -0.4 is 0 Å². The number of halogens is 2. The van der Waals surface area contributed by atoms with Crippen molar-refractivity contribution in [3.8, 4) is 11.5 Å². The third kappa shape index (κ3) is 2.05. The molecule has 0 aromatic carbocycles. The van der Waals surface area contributed by atoms with Crippen molar-refractivity contribution in [2.24, 2.45) is 0 Å². The summed E-state index contributed by atoms with van der Waals surface area (Å²) in [5.41, 5.74) is 0.322. The number of Topliss-reactive ketones (excluding diaryl/α,β-unsaturated/α-hetero) is 1. The van der Waals surface area contributed by atoms with E-state index < -0.39 is 0 Å². The van der Waals surface area contributed by atoms with Crippen molar-refractivity contribution >= 4 is 29.0 Å².